The van der Waals surface area contributed by atoms with Crippen LogP contribution in [0.5, 0.6) is 0 Å². The Morgan fingerprint density at radius 1 is 1.44 bits per heavy atom. The molecule has 0 radical (unpaired) electrons. The molecule has 2 atom stereocenters. The molecule has 0 aromatic carbocycles. The van der Waals surface area contributed by atoms with Crippen LogP contribution in [-0.2, 0) is 21.3 Å². The van der Waals surface area contributed by atoms with Gasteiger partial charge in [0.2, 0.25) is 0 Å². The topological polar surface area (TPSA) is 46.2 Å². The lowest BCUT2D eigenvalue weighted by molar-refractivity contribution is -0.108. The van der Waals surface area contributed by atoms with Crippen molar-refractivity contribution in [2.45, 2.75) is 44.4 Å². The van der Waals surface area contributed by atoms with E-state index in [0.29, 0.717) is 6.42 Å². The molecule has 1 aromatic heterocycles. The molecule has 0 aliphatic carbocycles. The maximum atomic E-state index is 12.2. The minimum Gasteiger partial charge on any atom is -0.303 e. The molecule has 0 fully saturated rings. The number of thiophene rings is 1. The van der Waals surface area contributed by atoms with Crippen molar-refractivity contribution in [3.05, 3.63) is 20.8 Å². The average molecular weight is 352 g/mol. The molecule has 0 aliphatic heterocycles. The Hall–Kier alpha value is -0.0400. The van der Waals surface area contributed by atoms with Crippen LogP contribution in [0.4, 0.5) is 0 Å². The lowest BCUT2D eigenvalue weighted by Crippen LogP contribution is -2.46. The third kappa shape index (κ3) is 3.98. The van der Waals surface area contributed by atoms with E-state index in [2.05, 4.69) is 20.7 Å². The van der Waals surface area contributed by atoms with E-state index >= 15 is 0 Å². The minimum atomic E-state index is -1.22. The number of aldehydes is 1. The number of rotatable bonds is 5. The van der Waals surface area contributed by atoms with Crippen molar-refractivity contribution in [3.63, 3.8) is 0 Å². The molecule has 18 heavy (non-hydrogen) atoms. The fourth-order valence-corrected chi connectivity index (χ4v) is 3.85. The third-order valence-corrected chi connectivity index (χ3v) is 6.18. The van der Waals surface area contributed by atoms with E-state index in [1.807, 2.05) is 39.1 Å². The van der Waals surface area contributed by atoms with Crippen LogP contribution in [0.15, 0.2) is 15.9 Å². The molecule has 1 aromatic rings. The van der Waals surface area contributed by atoms with E-state index in [9.17, 15) is 9.00 Å². The molecule has 1 heterocycles. The molecule has 0 bridgehead atoms. The zero-order chi connectivity index (χ0) is 14.0. The quantitative estimate of drug-likeness (QED) is 0.826. The van der Waals surface area contributed by atoms with E-state index in [1.54, 1.807) is 11.3 Å². The predicted molar refractivity (Wildman–Crippen MR) is 81.1 cm³/mol. The molecule has 1 N–H and O–H groups in total. The van der Waals surface area contributed by atoms with Crippen molar-refractivity contribution in [1.29, 1.82) is 0 Å². The van der Waals surface area contributed by atoms with E-state index in [1.165, 1.54) is 0 Å². The van der Waals surface area contributed by atoms with Gasteiger partial charge in [-0.1, -0.05) is 0 Å². The zero-order valence-corrected chi connectivity index (χ0v) is 14.2. The van der Waals surface area contributed by atoms with Gasteiger partial charge in [0, 0.05) is 21.2 Å². The van der Waals surface area contributed by atoms with Crippen LogP contribution < -0.4 is 4.72 Å². The molecule has 6 heteroatoms. The van der Waals surface area contributed by atoms with Crippen LogP contribution >= 0.6 is 27.3 Å². The highest BCUT2D eigenvalue weighted by Gasteiger charge is 2.33. The van der Waals surface area contributed by atoms with Crippen molar-refractivity contribution in [1.82, 2.24) is 4.72 Å². The van der Waals surface area contributed by atoms with Gasteiger partial charge in [0.05, 0.1) is 21.3 Å². The number of nitrogens with one attached hydrogen (secondary N) is 1. The van der Waals surface area contributed by atoms with Gasteiger partial charge < -0.3 is 4.79 Å². The van der Waals surface area contributed by atoms with E-state index < -0.39 is 16.5 Å². The predicted octanol–water partition coefficient (Wildman–Crippen LogP) is 3.37. The Morgan fingerprint density at radius 2 is 2.06 bits per heavy atom. The first kappa shape index (κ1) is 16.0. The lowest BCUT2D eigenvalue weighted by Gasteiger charge is -2.31. The molecule has 0 saturated heterocycles. The maximum Gasteiger partial charge on any atom is 0.122 e. The first-order chi connectivity index (χ1) is 8.19. The molecular formula is C12H18BrNO2S2. The Morgan fingerprint density at radius 3 is 2.44 bits per heavy atom. The lowest BCUT2D eigenvalue weighted by atomic mass is 9.98. The van der Waals surface area contributed by atoms with Gasteiger partial charge in [0.15, 0.2) is 0 Å². The van der Waals surface area contributed by atoms with Crippen LogP contribution in [0.3, 0.4) is 0 Å². The molecular weight excluding hydrogens is 334 g/mol. The van der Waals surface area contributed by atoms with Crippen LogP contribution in [0.2, 0.25) is 0 Å². The summed E-state index contributed by atoms with van der Waals surface area (Å²) >= 11 is 4.95. The summed E-state index contributed by atoms with van der Waals surface area (Å²) < 4.78 is 15.9. The number of hydrogen-bond donors (Lipinski definition) is 1. The molecule has 0 spiro atoms. The van der Waals surface area contributed by atoms with Gasteiger partial charge in [-0.05, 0) is 49.7 Å². The average Bonchev–Trinajstić information content (AvgIpc) is 2.64. The van der Waals surface area contributed by atoms with Crippen LogP contribution in [0, 0.1) is 0 Å². The van der Waals surface area contributed by atoms with Crippen LogP contribution in [-0.4, -0.2) is 15.2 Å². The van der Waals surface area contributed by atoms with Gasteiger partial charge in [-0.2, -0.15) is 0 Å². The molecule has 0 saturated carbocycles. The Kier molecular flexibility index (Phi) is 5.29. The first-order valence-electron chi connectivity index (χ1n) is 5.57. The largest absolute Gasteiger partial charge is 0.303 e. The van der Waals surface area contributed by atoms with Gasteiger partial charge in [0.1, 0.15) is 6.29 Å². The van der Waals surface area contributed by atoms with Crippen LogP contribution in [0.1, 0.15) is 39.0 Å². The van der Waals surface area contributed by atoms with Crippen molar-refractivity contribution in [2.75, 3.05) is 0 Å². The number of carbonyl (C=O) groups is 1. The second-order valence-corrected chi connectivity index (χ2v) is 9.11. The molecule has 2 unspecified atom stereocenters. The van der Waals surface area contributed by atoms with E-state index in [-0.39, 0.29) is 4.75 Å². The van der Waals surface area contributed by atoms with Gasteiger partial charge in [-0.3, -0.25) is 0 Å². The summed E-state index contributed by atoms with van der Waals surface area (Å²) in [5.74, 6) is 0. The highest BCUT2D eigenvalue weighted by molar-refractivity contribution is 9.10. The van der Waals surface area contributed by atoms with E-state index in [4.69, 9.17) is 0 Å². The second kappa shape index (κ2) is 5.94. The molecule has 1 rings (SSSR count). The summed E-state index contributed by atoms with van der Waals surface area (Å²) in [6.07, 6.45) is 1.16. The Balaban J connectivity index is 3.01. The van der Waals surface area contributed by atoms with Gasteiger partial charge in [-0.25, -0.2) is 8.93 Å². The summed E-state index contributed by atoms with van der Waals surface area (Å²) in [6.45, 7) is 7.62. The number of carbonyl (C=O) groups excluding carboxylic acids is 1. The van der Waals surface area contributed by atoms with Crippen molar-refractivity contribution in [3.8, 4) is 0 Å². The molecule has 0 aliphatic rings. The monoisotopic (exact) mass is 351 g/mol. The molecule has 0 amide bonds. The highest BCUT2D eigenvalue weighted by Crippen LogP contribution is 2.33. The van der Waals surface area contributed by atoms with Gasteiger partial charge in [-0.15, -0.1) is 11.3 Å². The summed E-state index contributed by atoms with van der Waals surface area (Å²) in [4.78, 5) is 11.9. The summed E-state index contributed by atoms with van der Waals surface area (Å²) in [5, 5.41) is 1.96. The van der Waals surface area contributed by atoms with Crippen molar-refractivity contribution >= 4 is 44.5 Å². The smallest absolute Gasteiger partial charge is 0.122 e. The minimum absolute atomic E-state index is 0.293. The highest BCUT2D eigenvalue weighted by atomic mass is 79.9. The number of hydrogen-bond acceptors (Lipinski definition) is 3. The maximum absolute atomic E-state index is 12.2. The molecule has 102 valence electrons. The molecule has 3 nitrogen and oxygen atoms in total. The van der Waals surface area contributed by atoms with Gasteiger partial charge >= 0.3 is 0 Å². The van der Waals surface area contributed by atoms with Crippen molar-refractivity contribution in [2.24, 2.45) is 0 Å². The van der Waals surface area contributed by atoms with E-state index in [0.717, 1.165) is 15.6 Å². The summed E-state index contributed by atoms with van der Waals surface area (Å²) in [7, 11) is -1.22. The zero-order valence-electron chi connectivity index (χ0n) is 11.0. The SMILES string of the molecule is CC(CC=O)(NS(=O)C(C)(C)C)c1cc(Br)cs1. The fourth-order valence-electron chi connectivity index (χ4n) is 1.32. The fraction of sp³-hybridized carbons (Fsp3) is 0.583. The number of halogens is 1. The standard InChI is InChI=1S/C12H18BrNO2S2/c1-11(2,3)18(16)14-12(4,5-6-15)10-7-9(13)8-17-10/h6-8,14H,5H2,1-4H3. The second-order valence-electron chi connectivity index (χ2n) is 5.32. The Labute approximate surface area is 123 Å². The third-order valence-electron chi connectivity index (χ3n) is 2.48. The summed E-state index contributed by atoms with van der Waals surface area (Å²) in [5.41, 5.74) is -0.587. The summed E-state index contributed by atoms with van der Waals surface area (Å²) in [6, 6.07) is 1.96. The van der Waals surface area contributed by atoms with Crippen molar-refractivity contribution < 1.29 is 9.00 Å². The Bertz CT molecular complexity index is 453. The van der Waals surface area contributed by atoms with Crippen LogP contribution in [0.25, 0.3) is 0 Å². The normalized spacial score (nSPS) is 17.2. The first-order valence-corrected chi connectivity index (χ1v) is 8.39. The van der Waals surface area contributed by atoms with Gasteiger partial charge in [0.25, 0.3) is 0 Å².